The molecule has 0 atom stereocenters. The molecule has 0 saturated heterocycles. The van der Waals surface area contributed by atoms with Gasteiger partial charge >= 0.3 is 0 Å². The van der Waals surface area contributed by atoms with Crippen molar-refractivity contribution in [2.75, 3.05) is 23.3 Å². The van der Waals surface area contributed by atoms with Gasteiger partial charge in [0.1, 0.15) is 0 Å². The summed E-state index contributed by atoms with van der Waals surface area (Å²) in [6.45, 7) is 4.45. The summed E-state index contributed by atoms with van der Waals surface area (Å²) in [6, 6.07) is 3.05. The SMILES string of the molecule is CCCNc1cncc(N(CC2CC2)C2CC2)c1. The predicted octanol–water partition coefficient (Wildman–Crippen LogP) is 3.28. The first-order valence-corrected chi connectivity index (χ1v) is 7.32. The molecule has 3 heteroatoms. The molecule has 1 N–H and O–H groups in total. The standard InChI is InChI=1S/C15H23N3/c1-2-7-17-13-8-15(10-16-9-13)18(14-5-6-14)11-12-3-4-12/h8-10,12,14,17H,2-7,11H2,1H3. The van der Waals surface area contributed by atoms with Crippen LogP contribution in [0.25, 0.3) is 0 Å². The van der Waals surface area contributed by atoms with Crippen LogP contribution in [0, 0.1) is 5.92 Å². The average molecular weight is 245 g/mol. The maximum Gasteiger partial charge on any atom is 0.0576 e. The van der Waals surface area contributed by atoms with Crippen molar-refractivity contribution in [1.82, 2.24) is 4.98 Å². The number of nitrogens with zero attached hydrogens (tertiary/aromatic N) is 2. The second-order valence-electron chi connectivity index (χ2n) is 5.69. The van der Waals surface area contributed by atoms with E-state index in [1.165, 1.54) is 37.9 Å². The monoisotopic (exact) mass is 245 g/mol. The molecule has 0 aliphatic heterocycles. The first-order valence-electron chi connectivity index (χ1n) is 7.32. The molecule has 3 rings (SSSR count). The van der Waals surface area contributed by atoms with Gasteiger partial charge in [-0.3, -0.25) is 4.98 Å². The molecule has 2 saturated carbocycles. The van der Waals surface area contributed by atoms with E-state index in [0.29, 0.717) is 0 Å². The Morgan fingerprint density at radius 1 is 1.28 bits per heavy atom. The molecule has 0 amide bonds. The van der Waals surface area contributed by atoms with Gasteiger partial charge in [-0.25, -0.2) is 0 Å². The summed E-state index contributed by atoms with van der Waals surface area (Å²) in [5.74, 6) is 0.942. The maximum atomic E-state index is 4.39. The Kier molecular flexibility index (Phi) is 3.39. The first kappa shape index (κ1) is 11.8. The van der Waals surface area contributed by atoms with Crippen molar-refractivity contribution in [2.45, 2.75) is 45.1 Å². The minimum Gasteiger partial charge on any atom is -0.384 e. The summed E-state index contributed by atoms with van der Waals surface area (Å²) in [4.78, 5) is 6.98. The third-order valence-electron chi connectivity index (χ3n) is 3.77. The predicted molar refractivity (Wildman–Crippen MR) is 76.1 cm³/mol. The average Bonchev–Trinajstić information content (AvgIpc) is 3.27. The van der Waals surface area contributed by atoms with Gasteiger partial charge in [-0.2, -0.15) is 0 Å². The zero-order chi connectivity index (χ0) is 12.4. The van der Waals surface area contributed by atoms with E-state index in [0.717, 1.165) is 30.6 Å². The third-order valence-corrected chi connectivity index (χ3v) is 3.77. The van der Waals surface area contributed by atoms with Crippen LogP contribution in [0.15, 0.2) is 18.5 Å². The molecule has 0 spiro atoms. The molecule has 2 aliphatic carbocycles. The molecule has 0 aromatic carbocycles. The van der Waals surface area contributed by atoms with Crippen LogP contribution in [0.3, 0.4) is 0 Å². The maximum absolute atomic E-state index is 4.39. The van der Waals surface area contributed by atoms with Gasteiger partial charge in [0.05, 0.1) is 23.8 Å². The molecule has 1 aromatic heterocycles. The Morgan fingerprint density at radius 3 is 2.78 bits per heavy atom. The summed E-state index contributed by atoms with van der Waals surface area (Å²) < 4.78 is 0. The molecule has 1 heterocycles. The van der Waals surface area contributed by atoms with E-state index in [-0.39, 0.29) is 0 Å². The Morgan fingerprint density at radius 2 is 2.11 bits per heavy atom. The number of anilines is 2. The lowest BCUT2D eigenvalue weighted by atomic mass is 10.2. The lowest BCUT2D eigenvalue weighted by molar-refractivity contribution is 0.717. The summed E-state index contributed by atoms with van der Waals surface area (Å²) in [7, 11) is 0. The van der Waals surface area contributed by atoms with Gasteiger partial charge in [0.25, 0.3) is 0 Å². The fourth-order valence-corrected chi connectivity index (χ4v) is 2.38. The largest absolute Gasteiger partial charge is 0.384 e. The summed E-state index contributed by atoms with van der Waals surface area (Å²) >= 11 is 0. The number of hydrogen-bond acceptors (Lipinski definition) is 3. The molecule has 3 nitrogen and oxygen atoms in total. The van der Waals surface area contributed by atoms with Gasteiger partial charge in [-0.15, -0.1) is 0 Å². The van der Waals surface area contributed by atoms with Gasteiger partial charge in [0, 0.05) is 19.1 Å². The van der Waals surface area contributed by atoms with Crippen molar-refractivity contribution >= 4 is 11.4 Å². The van der Waals surface area contributed by atoms with Gasteiger partial charge in [0.2, 0.25) is 0 Å². The normalized spacial score (nSPS) is 18.7. The van der Waals surface area contributed by atoms with Crippen molar-refractivity contribution in [2.24, 2.45) is 5.92 Å². The highest BCUT2D eigenvalue weighted by Gasteiger charge is 2.33. The van der Waals surface area contributed by atoms with Crippen LogP contribution in [0.5, 0.6) is 0 Å². The Balaban J connectivity index is 1.71. The summed E-state index contributed by atoms with van der Waals surface area (Å²) in [5.41, 5.74) is 2.47. The highest BCUT2D eigenvalue weighted by Crippen LogP contribution is 2.37. The molecule has 1 aromatic rings. The van der Waals surface area contributed by atoms with Crippen molar-refractivity contribution in [1.29, 1.82) is 0 Å². The quantitative estimate of drug-likeness (QED) is 0.799. The van der Waals surface area contributed by atoms with Crippen LogP contribution in [0.1, 0.15) is 39.0 Å². The number of rotatable bonds is 7. The second-order valence-corrected chi connectivity index (χ2v) is 5.69. The van der Waals surface area contributed by atoms with E-state index >= 15 is 0 Å². The van der Waals surface area contributed by atoms with Crippen LogP contribution >= 0.6 is 0 Å². The molecule has 0 unspecified atom stereocenters. The van der Waals surface area contributed by atoms with Crippen molar-refractivity contribution in [3.8, 4) is 0 Å². The topological polar surface area (TPSA) is 28.2 Å². The van der Waals surface area contributed by atoms with E-state index in [1.54, 1.807) is 0 Å². The van der Waals surface area contributed by atoms with Gasteiger partial charge in [-0.05, 0) is 44.1 Å². The first-order chi connectivity index (χ1) is 8.86. The molecule has 2 aliphatic rings. The molecule has 98 valence electrons. The van der Waals surface area contributed by atoms with Gasteiger partial charge in [0.15, 0.2) is 0 Å². The van der Waals surface area contributed by atoms with E-state index in [4.69, 9.17) is 0 Å². The lowest BCUT2D eigenvalue weighted by Crippen LogP contribution is -2.28. The van der Waals surface area contributed by atoms with Crippen molar-refractivity contribution < 1.29 is 0 Å². The Bertz CT molecular complexity index is 396. The van der Waals surface area contributed by atoms with Crippen LogP contribution in [-0.2, 0) is 0 Å². The third kappa shape index (κ3) is 2.95. The number of hydrogen-bond donors (Lipinski definition) is 1. The smallest absolute Gasteiger partial charge is 0.0576 e. The fourth-order valence-electron chi connectivity index (χ4n) is 2.38. The van der Waals surface area contributed by atoms with E-state index in [1.807, 2.05) is 12.4 Å². The summed E-state index contributed by atoms with van der Waals surface area (Å²) in [5, 5.41) is 3.43. The minimum atomic E-state index is 0.786. The Hall–Kier alpha value is -1.25. The number of aromatic nitrogens is 1. The van der Waals surface area contributed by atoms with E-state index in [9.17, 15) is 0 Å². The van der Waals surface area contributed by atoms with Crippen LogP contribution in [-0.4, -0.2) is 24.1 Å². The van der Waals surface area contributed by atoms with E-state index in [2.05, 4.69) is 28.2 Å². The van der Waals surface area contributed by atoms with E-state index < -0.39 is 0 Å². The van der Waals surface area contributed by atoms with Gasteiger partial charge < -0.3 is 10.2 Å². The molecule has 0 bridgehead atoms. The van der Waals surface area contributed by atoms with Crippen molar-refractivity contribution in [3.63, 3.8) is 0 Å². The van der Waals surface area contributed by atoms with Crippen molar-refractivity contribution in [3.05, 3.63) is 18.5 Å². The molecule has 18 heavy (non-hydrogen) atoms. The lowest BCUT2D eigenvalue weighted by Gasteiger charge is -2.24. The summed E-state index contributed by atoms with van der Waals surface area (Å²) in [6.07, 6.45) is 10.7. The highest BCUT2D eigenvalue weighted by atomic mass is 15.2. The van der Waals surface area contributed by atoms with Crippen LogP contribution in [0.2, 0.25) is 0 Å². The van der Waals surface area contributed by atoms with Crippen LogP contribution < -0.4 is 10.2 Å². The molecule has 0 radical (unpaired) electrons. The Labute approximate surface area is 110 Å². The van der Waals surface area contributed by atoms with Gasteiger partial charge in [-0.1, -0.05) is 6.92 Å². The highest BCUT2D eigenvalue weighted by molar-refractivity contribution is 5.56. The van der Waals surface area contributed by atoms with Crippen LogP contribution in [0.4, 0.5) is 11.4 Å². The second kappa shape index (κ2) is 5.17. The molecular formula is C15H23N3. The minimum absolute atomic E-state index is 0.786. The molecule has 2 fully saturated rings. The fraction of sp³-hybridized carbons (Fsp3) is 0.667. The zero-order valence-electron chi connectivity index (χ0n) is 11.2. The number of pyridine rings is 1. The molecular weight excluding hydrogens is 222 g/mol. The number of nitrogens with one attached hydrogen (secondary N) is 1. The zero-order valence-corrected chi connectivity index (χ0v) is 11.2.